The predicted octanol–water partition coefficient (Wildman–Crippen LogP) is 4.99. The lowest BCUT2D eigenvalue weighted by atomic mass is 9.98. The van der Waals surface area contributed by atoms with Crippen molar-refractivity contribution in [2.24, 2.45) is 0 Å². The lowest BCUT2D eigenvalue weighted by molar-refractivity contribution is 0.0427. The highest BCUT2D eigenvalue weighted by Crippen LogP contribution is 2.21. The van der Waals surface area contributed by atoms with Gasteiger partial charge in [-0.2, -0.15) is 4.98 Å². The van der Waals surface area contributed by atoms with Gasteiger partial charge in [0.2, 0.25) is 5.82 Å². The van der Waals surface area contributed by atoms with Gasteiger partial charge in [0.1, 0.15) is 5.75 Å². The lowest BCUT2D eigenvalue weighted by Gasteiger charge is -2.08. The van der Waals surface area contributed by atoms with Crippen molar-refractivity contribution in [2.75, 3.05) is 7.11 Å². The largest absolute Gasteiger partial charge is 0.497 e. The number of methoxy groups -OCH3 is 1. The highest BCUT2D eigenvalue weighted by molar-refractivity contribution is 6.30. The zero-order valence-corrected chi connectivity index (χ0v) is 17.7. The molecule has 160 valence electrons. The monoisotopic (exact) mass is 448 g/mol. The van der Waals surface area contributed by atoms with Gasteiger partial charge in [0, 0.05) is 21.7 Å². The molecule has 0 aliphatic carbocycles. The van der Waals surface area contributed by atoms with Crippen LogP contribution in [0.25, 0.3) is 11.4 Å². The molecule has 4 rings (SSSR count). The first-order valence-corrected chi connectivity index (χ1v) is 9.96. The van der Waals surface area contributed by atoms with Gasteiger partial charge in [-0.1, -0.05) is 35.0 Å². The zero-order valence-electron chi connectivity index (χ0n) is 16.9. The third kappa shape index (κ3) is 4.68. The Balaban J connectivity index is 1.46. The third-order valence-electron chi connectivity index (χ3n) is 4.64. The summed E-state index contributed by atoms with van der Waals surface area (Å²) in [4.78, 5) is 29.8. The Morgan fingerprint density at radius 2 is 1.62 bits per heavy atom. The van der Waals surface area contributed by atoms with Crippen LogP contribution in [0.15, 0.2) is 77.3 Å². The molecule has 0 saturated carbocycles. The summed E-state index contributed by atoms with van der Waals surface area (Å²) in [5, 5.41) is 4.42. The molecule has 4 aromatic rings. The van der Waals surface area contributed by atoms with Crippen LogP contribution in [0.1, 0.15) is 32.2 Å². The summed E-state index contributed by atoms with van der Waals surface area (Å²) in [5.41, 5.74) is 1.51. The first-order valence-electron chi connectivity index (χ1n) is 9.58. The van der Waals surface area contributed by atoms with E-state index in [0.717, 1.165) is 5.56 Å². The summed E-state index contributed by atoms with van der Waals surface area (Å²) in [6.07, 6.45) is 0. The summed E-state index contributed by atoms with van der Waals surface area (Å²) < 4.78 is 15.6. The van der Waals surface area contributed by atoms with Gasteiger partial charge < -0.3 is 14.0 Å². The summed E-state index contributed by atoms with van der Waals surface area (Å²) in [7, 11) is 1.58. The first kappa shape index (κ1) is 21.3. The van der Waals surface area contributed by atoms with E-state index in [1.165, 1.54) is 6.07 Å². The molecule has 3 aromatic carbocycles. The molecule has 32 heavy (non-hydrogen) atoms. The number of aromatic nitrogens is 2. The van der Waals surface area contributed by atoms with Crippen molar-refractivity contribution in [3.63, 3.8) is 0 Å². The first-order chi connectivity index (χ1) is 15.5. The number of ketones is 1. The minimum atomic E-state index is -0.674. The second kappa shape index (κ2) is 9.45. The van der Waals surface area contributed by atoms with Crippen LogP contribution in [0, 0.1) is 0 Å². The zero-order chi connectivity index (χ0) is 22.5. The van der Waals surface area contributed by atoms with Gasteiger partial charge in [-0.25, -0.2) is 4.79 Å². The summed E-state index contributed by atoms with van der Waals surface area (Å²) >= 11 is 5.89. The SMILES string of the molecule is COc1ccc(-c2noc(COC(=O)c3ccccc3C(=O)c3ccc(Cl)cc3)n2)cc1. The van der Waals surface area contributed by atoms with Crippen LogP contribution < -0.4 is 4.74 Å². The van der Waals surface area contributed by atoms with Crippen molar-refractivity contribution >= 4 is 23.4 Å². The maximum atomic E-state index is 12.9. The van der Waals surface area contributed by atoms with Gasteiger partial charge in [0.15, 0.2) is 12.4 Å². The fourth-order valence-electron chi connectivity index (χ4n) is 2.99. The number of nitrogens with zero attached hydrogens (tertiary/aromatic N) is 2. The van der Waals surface area contributed by atoms with Crippen LogP contribution in [-0.2, 0) is 11.3 Å². The molecule has 0 fully saturated rings. The van der Waals surface area contributed by atoms with Crippen molar-refractivity contribution in [1.29, 1.82) is 0 Å². The smallest absolute Gasteiger partial charge is 0.339 e. The van der Waals surface area contributed by atoms with Gasteiger partial charge in [0.05, 0.1) is 12.7 Å². The Morgan fingerprint density at radius 3 is 2.31 bits per heavy atom. The number of halogens is 1. The Hall–Kier alpha value is -3.97. The summed E-state index contributed by atoms with van der Waals surface area (Å²) in [6.45, 7) is -0.231. The maximum Gasteiger partial charge on any atom is 0.339 e. The molecule has 0 aliphatic rings. The van der Waals surface area contributed by atoms with Crippen LogP contribution in [0.2, 0.25) is 5.02 Å². The predicted molar refractivity (Wildman–Crippen MR) is 117 cm³/mol. The second-order valence-electron chi connectivity index (χ2n) is 6.70. The number of carbonyl (C=O) groups is 2. The summed E-state index contributed by atoms with van der Waals surface area (Å²) in [6, 6.07) is 20.0. The van der Waals surface area contributed by atoms with Crippen LogP contribution in [0.4, 0.5) is 0 Å². The number of ether oxygens (including phenoxy) is 2. The Labute approximate surface area is 188 Å². The number of esters is 1. The van der Waals surface area contributed by atoms with E-state index >= 15 is 0 Å². The standard InChI is InChI=1S/C24H17ClN2O5/c1-30-18-12-8-16(9-13-18)23-26-21(32-27-23)14-31-24(29)20-5-3-2-4-19(20)22(28)15-6-10-17(25)11-7-15/h2-13H,14H2,1H3. The molecule has 0 saturated heterocycles. The molecule has 0 aliphatic heterocycles. The fraction of sp³-hybridized carbons (Fsp3) is 0.0833. The number of benzene rings is 3. The minimum absolute atomic E-state index is 0.130. The molecule has 0 amide bonds. The number of carbonyl (C=O) groups excluding carboxylic acids is 2. The van der Waals surface area contributed by atoms with E-state index in [9.17, 15) is 9.59 Å². The second-order valence-corrected chi connectivity index (χ2v) is 7.13. The van der Waals surface area contributed by atoms with Crippen LogP contribution in [0.5, 0.6) is 5.75 Å². The molecule has 0 bridgehead atoms. The number of hydrogen-bond acceptors (Lipinski definition) is 7. The van der Waals surface area contributed by atoms with E-state index in [-0.39, 0.29) is 29.4 Å². The highest BCUT2D eigenvalue weighted by atomic mass is 35.5. The van der Waals surface area contributed by atoms with Crippen molar-refractivity contribution in [1.82, 2.24) is 10.1 Å². The van der Waals surface area contributed by atoms with Gasteiger partial charge in [-0.3, -0.25) is 4.79 Å². The van der Waals surface area contributed by atoms with E-state index < -0.39 is 5.97 Å². The minimum Gasteiger partial charge on any atom is -0.497 e. The average molecular weight is 449 g/mol. The highest BCUT2D eigenvalue weighted by Gasteiger charge is 2.20. The van der Waals surface area contributed by atoms with Crippen molar-refractivity contribution < 1.29 is 23.6 Å². The van der Waals surface area contributed by atoms with Gasteiger partial charge >= 0.3 is 5.97 Å². The molecule has 0 N–H and O–H groups in total. The third-order valence-corrected chi connectivity index (χ3v) is 4.89. The number of rotatable bonds is 7. The quantitative estimate of drug-likeness (QED) is 0.290. The molecular formula is C24H17ClN2O5. The van der Waals surface area contributed by atoms with Crippen LogP contribution in [0.3, 0.4) is 0 Å². The normalized spacial score (nSPS) is 10.6. The van der Waals surface area contributed by atoms with Crippen LogP contribution in [-0.4, -0.2) is 29.0 Å². The van der Waals surface area contributed by atoms with Gasteiger partial charge in [-0.05, 0) is 54.6 Å². The lowest BCUT2D eigenvalue weighted by Crippen LogP contribution is -2.12. The molecule has 0 radical (unpaired) electrons. The fourth-order valence-corrected chi connectivity index (χ4v) is 3.12. The Kier molecular flexibility index (Phi) is 6.28. The Morgan fingerprint density at radius 1 is 0.938 bits per heavy atom. The van der Waals surface area contributed by atoms with Gasteiger partial charge in [-0.15, -0.1) is 0 Å². The van der Waals surface area contributed by atoms with Crippen molar-refractivity contribution in [2.45, 2.75) is 6.61 Å². The van der Waals surface area contributed by atoms with E-state index in [4.69, 9.17) is 25.6 Å². The summed E-state index contributed by atoms with van der Waals surface area (Å²) in [5.74, 6) is 0.210. The van der Waals surface area contributed by atoms with E-state index in [2.05, 4.69) is 10.1 Å². The molecule has 0 spiro atoms. The molecule has 1 heterocycles. The van der Waals surface area contributed by atoms with Crippen LogP contribution >= 0.6 is 11.6 Å². The average Bonchev–Trinajstić information content (AvgIpc) is 3.32. The molecular weight excluding hydrogens is 432 g/mol. The molecule has 8 heteroatoms. The molecule has 0 unspecified atom stereocenters. The van der Waals surface area contributed by atoms with Gasteiger partial charge in [0.25, 0.3) is 5.89 Å². The maximum absolute atomic E-state index is 12.9. The molecule has 7 nitrogen and oxygen atoms in total. The number of hydrogen-bond donors (Lipinski definition) is 0. The van der Waals surface area contributed by atoms with E-state index in [0.29, 0.717) is 22.2 Å². The Bertz CT molecular complexity index is 1250. The van der Waals surface area contributed by atoms with E-state index in [1.807, 2.05) is 0 Å². The van der Waals surface area contributed by atoms with E-state index in [1.54, 1.807) is 73.8 Å². The van der Waals surface area contributed by atoms with Crippen molar-refractivity contribution in [3.05, 3.63) is 100 Å². The van der Waals surface area contributed by atoms with Crippen molar-refractivity contribution in [3.8, 4) is 17.1 Å². The molecule has 1 aromatic heterocycles. The topological polar surface area (TPSA) is 91.5 Å². The molecule has 0 atom stereocenters.